The summed E-state index contributed by atoms with van der Waals surface area (Å²) in [5.74, 6) is 0.535. The van der Waals surface area contributed by atoms with Crippen LogP contribution < -0.4 is 10.6 Å². The molecule has 190 valence electrons. The minimum absolute atomic E-state index is 0.146. The first-order valence-electron chi connectivity index (χ1n) is 12.4. The third-order valence-electron chi connectivity index (χ3n) is 6.79. The van der Waals surface area contributed by atoms with E-state index in [1.165, 1.54) is 31.4 Å². The van der Waals surface area contributed by atoms with Crippen LogP contribution in [0.15, 0.2) is 36.5 Å². The first-order chi connectivity index (χ1) is 17.4. The molecule has 0 radical (unpaired) electrons. The highest BCUT2D eigenvalue weighted by Crippen LogP contribution is 2.35. The molecule has 1 saturated carbocycles. The summed E-state index contributed by atoms with van der Waals surface area (Å²) >= 11 is 0. The van der Waals surface area contributed by atoms with Crippen LogP contribution in [0.5, 0.6) is 0 Å². The first-order valence-corrected chi connectivity index (χ1v) is 12.4. The van der Waals surface area contributed by atoms with Gasteiger partial charge in [0.1, 0.15) is 5.82 Å². The van der Waals surface area contributed by atoms with Gasteiger partial charge in [-0.05, 0) is 50.1 Å². The SMILES string of the molecule is CNC(=O)C1(C)COC(c2nc(-c3ccc(F)cc3)c(-c3ccnc(NC4CCCCC4)n3)[nH]2)OC1. The molecule has 1 amide bonds. The zero-order valence-electron chi connectivity index (χ0n) is 20.5. The van der Waals surface area contributed by atoms with Crippen molar-refractivity contribution < 1.29 is 18.7 Å². The summed E-state index contributed by atoms with van der Waals surface area (Å²) in [6, 6.07) is 8.31. The zero-order valence-corrected chi connectivity index (χ0v) is 20.5. The van der Waals surface area contributed by atoms with Gasteiger partial charge in [-0.3, -0.25) is 4.79 Å². The quantitative estimate of drug-likeness (QED) is 0.470. The smallest absolute Gasteiger partial charge is 0.230 e. The normalized spacial score (nSPS) is 22.8. The zero-order chi connectivity index (χ0) is 25.1. The highest BCUT2D eigenvalue weighted by molar-refractivity contribution is 5.82. The predicted octanol–water partition coefficient (Wildman–Crippen LogP) is 4.22. The Morgan fingerprint density at radius 3 is 2.50 bits per heavy atom. The highest BCUT2D eigenvalue weighted by Gasteiger charge is 2.40. The number of rotatable bonds is 6. The van der Waals surface area contributed by atoms with Crippen molar-refractivity contribution in [2.45, 2.75) is 51.4 Å². The minimum atomic E-state index is -0.785. The van der Waals surface area contributed by atoms with E-state index in [4.69, 9.17) is 19.4 Å². The van der Waals surface area contributed by atoms with Crippen LogP contribution in [0.2, 0.25) is 0 Å². The largest absolute Gasteiger partial charge is 0.359 e. The molecule has 36 heavy (non-hydrogen) atoms. The minimum Gasteiger partial charge on any atom is -0.359 e. The average molecular weight is 495 g/mol. The maximum atomic E-state index is 13.6. The van der Waals surface area contributed by atoms with Gasteiger partial charge in [0.05, 0.1) is 35.7 Å². The molecule has 1 aliphatic carbocycles. The van der Waals surface area contributed by atoms with Crippen molar-refractivity contribution >= 4 is 11.9 Å². The fourth-order valence-corrected chi connectivity index (χ4v) is 4.70. The van der Waals surface area contributed by atoms with Gasteiger partial charge in [0.25, 0.3) is 0 Å². The van der Waals surface area contributed by atoms with Crippen molar-refractivity contribution in [1.82, 2.24) is 25.3 Å². The third-order valence-corrected chi connectivity index (χ3v) is 6.79. The lowest BCUT2D eigenvalue weighted by molar-refractivity contribution is -0.230. The summed E-state index contributed by atoms with van der Waals surface area (Å²) in [6.45, 7) is 2.16. The Morgan fingerprint density at radius 1 is 1.08 bits per heavy atom. The van der Waals surface area contributed by atoms with Crippen LogP contribution in [0.4, 0.5) is 10.3 Å². The number of carbonyl (C=O) groups excluding carboxylic acids is 1. The summed E-state index contributed by atoms with van der Waals surface area (Å²) < 4.78 is 25.4. The predicted molar refractivity (Wildman–Crippen MR) is 132 cm³/mol. The molecule has 9 nitrogen and oxygen atoms in total. The lowest BCUT2D eigenvalue weighted by atomic mass is 9.91. The summed E-state index contributed by atoms with van der Waals surface area (Å²) in [6.07, 6.45) is 6.82. The molecule has 0 atom stereocenters. The fraction of sp³-hybridized carbons (Fsp3) is 0.462. The molecule has 0 spiro atoms. The molecule has 5 rings (SSSR count). The van der Waals surface area contributed by atoms with Crippen LogP contribution in [0, 0.1) is 11.2 Å². The van der Waals surface area contributed by atoms with Gasteiger partial charge >= 0.3 is 0 Å². The van der Waals surface area contributed by atoms with E-state index in [0.29, 0.717) is 34.9 Å². The van der Waals surface area contributed by atoms with Gasteiger partial charge in [0.2, 0.25) is 18.1 Å². The molecule has 1 aromatic carbocycles. The number of benzene rings is 1. The molecule has 0 unspecified atom stereocenters. The Bertz CT molecular complexity index is 1200. The number of nitrogens with zero attached hydrogens (tertiary/aromatic N) is 3. The lowest BCUT2D eigenvalue weighted by Gasteiger charge is -2.34. The number of anilines is 1. The molecule has 0 bridgehead atoms. The van der Waals surface area contributed by atoms with E-state index in [9.17, 15) is 9.18 Å². The molecule has 2 fully saturated rings. The van der Waals surface area contributed by atoms with Crippen molar-refractivity contribution in [3.05, 3.63) is 48.2 Å². The number of imidazole rings is 1. The van der Waals surface area contributed by atoms with Crippen LogP contribution in [-0.4, -0.2) is 52.1 Å². The molecular formula is C26H31FN6O3. The monoisotopic (exact) mass is 494 g/mol. The Kier molecular flexibility index (Phi) is 6.97. The van der Waals surface area contributed by atoms with E-state index in [2.05, 4.69) is 20.6 Å². The number of carbonyl (C=O) groups is 1. The van der Waals surface area contributed by atoms with Crippen LogP contribution >= 0.6 is 0 Å². The number of ether oxygens (including phenoxy) is 2. The van der Waals surface area contributed by atoms with E-state index >= 15 is 0 Å². The van der Waals surface area contributed by atoms with Crippen molar-refractivity contribution in [3.63, 3.8) is 0 Å². The molecule has 3 N–H and O–H groups in total. The second-order valence-corrected chi connectivity index (χ2v) is 9.69. The van der Waals surface area contributed by atoms with Gasteiger partial charge in [-0.1, -0.05) is 19.3 Å². The number of aromatic nitrogens is 4. The number of amides is 1. The summed E-state index contributed by atoms with van der Waals surface area (Å²) in [4.78, 5) is 29.5. The van der Waals surface area contributed by atoms with Gasteiger partial charge in [-0.25, -0.2) is 19.3 Å². The number of nitrogens with one attached hydrogen (secondary N) is 3. The Morgan fingerprint density at radius 2 is 1.81 bits per heavy atom. The van der Waals surface area contributed by atoms with Crippen LogP contribution in [0.3, 0.4) is 0 Å². The van der Waals surface area contributed by atoms with E-state index in [1.54, 1.807) is 32.3 Å². The second-order valence-electron chi connectivity index (χ2n) is 9.69. The molecule has 2 aliphatic rings. The summed E-state index contributed by atoms with van der Waals surface area (Å²) in [7, 11) is 1.59. The molecule has 1 aliphatic heterocycles. The van der Waals surface area contributed by atoms with E-state index < -0.39 is 11.7 Å². The van der Waals surface area contributed by atoms with Crippen LogP contribution in [0.25, 0.3) is 22.6 Å². The lowest BCUT2D eigenvalue weighted by Crippen LogP contribution is -2.47. The number of halogens is 1. The van der Waals surface area contributed by atoms with E-state index in [1.807, 2.05) is 6.07 Å². The van der Waals surface area contributed by atoms with Crippen molar-refractivity contribution in [3.8, 4) is 22.6 Å². The van der Waals surface area contributed by atoms with Gasteiger partial charge in [0, 0.05) is 24.8 Å². The van der Waals surface area contributed by atoms with Crippen LogP contribution in [0.1, 0.15) is 51.1 Å². The number of hydrogen-bond acceptors (Lipinski definition) is 7. The highest BCUT2D eigenvalue weighted by atomic mass is 19.1. The Balaban J connectivity index is 1.45. The number of H-pyrrole nitrogens is 1. The third kappa shape index (κ3) is 5.10. The van der Waals surface area contributed by atoms with Gasteiger partial charge in [-0.15, -0.1) is 0 Å². The van der Waals surface area contributed by atoms with Crippen molar-refractivity contribution in [1.29, 1.82) is 0 Å². The maximum absolute atomic E-state index is 13.6. The Hall–Kier alpha value is -3.37. The fourth-order valence-electron chi connectivity index (χ4n) is 4.70. The van der Waals surface area contributed by atoms with Crippen LogP contribution in [-0.2, 0) is 14.3 Å². The average Bonchev–Trinajstić information content (AvgIpc) is 3.35. The molecule has 3 heterocycles. The first kappa shape index (κ1) is 24.3. The standard InChI is InChI=1S/C26H31FN6O3/c1-26(24(34)28-2)14-35-23(36-15-26)22-32-20(16-8-10-17(27)11-9-16)21(33-22)19-12-13-29-25(31-19)30-18-6-4-3-5-7-18/h8-13,18,23H,3-7,14-15H2,1-2H3,(H,28,34)(H,32,33)(H,29,30,31). The van der Waals surface area contributed by atoms with Gasteiger partial charge in [0.15, 0.2) is 5.82 Å². The number of hydrogen-bond donors (Lipinski definition) is 3. The van der Waals surface area contributed by atoms with E-state index in [-0.39, 0.29) is 24.9 Å². The summed E-state index contributed by atoms with van der Waals surface area (Å²) in [5, 5.41) is 6.11. The molecule has 3 aromatic rings. The molecule has 1 saturated heterocycles. The Labute approximate surface area is 209 Å². The summed E-state index contributed by atoms with van der Waals surface area (Å²) in [5.41, 5.74) is 1.83. The van der Waals surface area contributed by atoms with E-state index in [0.717, 1.165) is 18.4 Å². The van der Waals surface area contributed by atoms with Gasteiger partial charge in [-0.2, -0.15) is 0 Å². The van der Waals surface area contributed by atoms with Crippen molar-refractivity contribution in [2.24, 2.45) is 5.41 Å². The molecular weight excluding hydrogens is 463 g/mol. The van der Waals surface area contributed by atoms with Crippen molar-refractivity contribution in [2.75, 3.05) is 25.6 Å². The maximum Gasteiger partial charge on any atom is 0.230 e. The number of aromatic amines is 1. The second kappa shape index (κ2) is 10.3. The topological polar surface area (TPSA) is 114 Å². The molecule has 2 aromatic heterocycles. The molecule has 10 heteroatoms. The van der Waals surface area contributed by atoms with Gasteiger partial charge < -0.3 is 25.1 Å².